The molecule has 0 saturated heterocycles. The van der Waals surface area contributed by atoms with E-state index in [2.05, 4.69) is 5.32 Å². The summed E-state index contributed by atoms with van der Waals surface area (Å²) in [6.07, 6.45) is -0.627. The standard InChI is InChI=1S/C8H17NO4/c1-7(11)6-8(12)13-5-3-9-2-4-10/h7,9-11H,2-6H2,1H3/t7-/m1/s1. The van der Waals surface area contributed by atoms with Crippen LogP contribution in [0.5, 0.6) is 0 Å². The summed E-state index contributed by atoms with van der Waals surface area (Å²) in [5.41, 5.74) is 0. The molecule has 78 valence electrons. The van der Waals surface area contributed by atoms with Gasteiger partial charge in [-0.25, -0.2) is 0 Å². The van der Waals surface area contributed by atoms with Gasteiger partial charge in [0.15, 0.2) is 0 Å². The lowest BCUT2D eigenvalue weighted by molar-refractivity contribution is -0.145. The molecule has 0 saturated carbocycles. The minimum absolute atomic E-state index is 0.0278. The summed E-state index contributed by atoms with van der Waals surface area (Å²) in [6.45, 7) is 2.89. The molecule has 0 bridgehead atoms. The molecular formula is C8H17NO4. The second-order valence-corrected chi connectivity index (χ2v) is 2.75. The molecule has 0 aliphatic carbocycles. The van der Waals surface area contributed by atoms with Gasteiger partial charge in [-0.3, -0.25) is 4.79 Å². The fraction of sp³-hybridized carbons (Fsp3) is 0.875. The van der Waals surface area contributed by atoms with E-state index >= 15 is 0 Å². The number of aliphatic hydroxyl groups is 2. The minimum Gasteiger partial charge on any atom is -0.464 e. The molecule has 13 heavy (non-hydrogen) atoms. The van der Waals surface area contributed by atoms with Gasteiger partial charge in [0.2, 0.25) is 0 Å². The van der Waals surface area contributed by atoms with Gasteiger partial charge in [-0.2, -0.15) is 0 Å². The zero-order chi connectivity index (χ0) is 10.1. The highest BCUT2D eigenvalue weighted by molar-refractivity contribution is 5.69. The van der Waals surface area contributed by atoms with E-state index in [-0.39, 0.29) is 19.6 Å². The van der Waals surface area contributed by atoms with Crippen molar-refractivity contribution in [1.82, 2.24) is 5.32 Å². The molecule has 0 aliphatic heterocycles. The van der Waals surface area contributed by atoms with E-state index in [9.17, 15) is 4.79 Å². The van der Waals surface area contributed by atoms with Crippen LogP contribution in [0.4, 0.5) is 0 Å². The second-order valence-electron chi connectivity index (χ2n) is 2.75. The summed E-state index contributed by atoms with van der Waals surface area (Å²) < 4.78 is 4.76. The van der Waals surface area contributed by atoms with Crippen molar-refractivity contribution in [2.75, 3.05) is 26.3 Å². The first kappa shape index (κ1) is 12.3. The Hall–Kier alpha value is -0.650. The zero-order valence-electron chi connectivity index (χ0n) is 7.82. The molecule has 0 aromatic rings. The number of ether oxygens (including phenoxy) is 1. The van der Waals surface area contributed by atoms with Gasteiger partial charge in [-0.05, 0) is 6.92 Å². The smallest absolute Gasteiger partial charge is 0.308 e. The van der Waals surface area contributed by atoms with E-state index in [1.165, 1.54) is 6.92 Å². The second kappa shape index (κ2) is 7.97. The number of hydrogen-bond donors (Lipinski definition) is 3. The predicted molar refractivity (Wildman–Crippen MR) is 47.2 cm³/mol. The van der Waals surface area contributed by atoms with Crippen molar-refractivity contribution in [2.24, 2.45) is 0 Å². The van der Waals surface area contributed by atoms with E-state index in [0.717, 1.165) is 0 Å². The third kappa shape index (κ3) is 9.26. The molecule has 5 nitrogen and oxygen atoms in total. The van der Waals surface area contributed by atoms with Gasteiger partial charge < -0.3 is 20.3 Å². The number of hydrogen-bond acceptors (Lipinski definition) is 5. The molecule has 0 rings (SSSR count). The Morgan fingerprint density at radius 1 is 1.54 bits per heavy atom. The topological polar surface area (TPSA) is 78.8 Å². The predicted octanol–water partition coefficient (Wildman–Crippen LogP) is -1.12. The lowest BCUT2D eigenvalue weighted by Crippen LogP contribution is -2.24. The molecule has 0 unspecified atom stereocenters. The lowest BCUT2D eigenvalue weighted by atomic mass is 10.3. The van der Waals surface area contributed by atoms with Crippen LogP contribution >= 0.6 is 0 Å². The highest BCUT2D eigenvalue weighted by Gasteiger charge is 2.05. The van der Waals surface area contributed by atoms with Crippen LogP contribution in [0, 0.1) is 0 Å². The van der Waals surface area contributed by atoms with Gasteiger partial charge in [0.1, 0.15) is 6.61 Å². The van der Waals surface area contributed by atoms with Crippen molar-refractivity contribution in [2.45, 2.75) is 19.4 Å². The normalized spacial score (nSPS) is 12.5. The fourth-order valence-corrected chi connectivity index (χ4v) is 0.741. The number of aliphatic hydroxyl groups excluding tert-OH is 2. The maximum atomic E-state index is 10.8. The first-order valence-electron chi connectivity index (χ1n) is 4.32. The van der Waals surface area contributed by atoms with E-state index < -0.39 is 12.1 Å². The van der Waals surface area contributed by atoms with Gasteiger partial charge in [-0.15, -0.1) is 0 Å². The summed E-state index contributed by atoms with van der Waals surface area (Å²) in [7, 11) is 0. The first-order valence-corrected chi connectivity index (χ1v) is 4.32. The van der Waals surface area contributed by atoms with Crippen LogP contribution < -0.4 is 5.32 Å². The van der Waals surface area contributed by atoms with Crippen LogP contribution in [0.3, 0.4) is 0 Å². The number of esters is 1. The van der Waals surface area contributed by atoms with Gasteiger partial charge in [-0.1, -0.05) is 0 Å². The average Bonchev–Trinajstić information content (AvgIpc) is 2.02. The summed E-state index contributed by atoms with van der Waals surface area (Å²) in [5, 5.41) is 20.1. The Bertz CT molecular complexity index is 138. The molecule has 5 heteroatoms. The molecular weight excluding hydrogens is 174 g/mol. The molecule has 0 aromatic carbocycles. The van der Waals surface area contributed by atoms with E-state index in [4.69, 9.17) is 14.9 Å². The maximum absolute atomic E-state index is 10.8. The van der Waals surface area contributed by atoms with Crippen molar-refractivity contribution in [3.63, 3.8) is 0 Å². The summed E-state index contributed by atoms with van der Waals surface area (Å²) >= 11 is 0. The molecule has 0 aromatic heterocycles. The van der Waals surface area contributed by atoms with Crippen LogP contribution in [0.2, 0.25) is 0 Å². The Balaban J connectivity index is 3.17. The Morgan fingerprint density at radius 2 is 2.23 bits per heavy atom. The monoisotopic (exact) mass is 191 g/mol. The van der Waals surface area contributed by atoms with Crippen molar-refractivity contribution < 1.29 is 19.7 Å². The van der Waals surface area contributed by atoms with Crippen LogP contribution in [0.15, 0.2) is 0 Å². The van der Waals surface area contributed by atoms with E-state index in [1.54, 1.807) is 0 Å². The zero-order valence-corrected chi connectivity index (χ0v) is 7.82. The largest absolute Gasteiger partial charge is 0.464 e. The molecule has 0 amide bonds. The van der Waals surface area contributed by atoms with Gasteiger partial charge in [0.05, 0.1) is 19.1 Å². The number of rotatable bonds is 7. The first-order chi connectivity index (χ1) is 6.16. The van der Waals surface area contributed by atoms with Crippen LogP contribution in [0.25, 0.3) is 0 Å². The van der Waals surface area contributed by atoms with Crippen LogP contribution in [0.1, 0.15) is 13.3 Å². The fourth-order valence-electron chi connectivity index (χ4n) is 0.741. The summed E-state index contributed by atoms with van der Waals surface area (Å²) in [4.78, 5) is 10.8. The minimum atomic E-state index is -0.655. The average molecular weight is 191 g/mol. The molecule has 0 aliphatic rings. The number of nitrogens with one attached hydrogen (secondary N) is 1. The van der Waals surface area contributed by atoms with Gasteiger partial charge >= 0.3 is 5.97 Å². The molecule has 0 fully saturated rings. The third-order valence-electron chi connectivity index (χ3n) is 1.29. The number of carbonyl (C=O) groups is 1. The molecule has 3 N–H and O–H groups in total. The SMILES string of the molecule is C[C@@H](O)CC(=O)OCCNCCO. The Kier molecular flexibility index (Phi) is 7.57. The van der Waals surface area contributed by atoms with Crippen molar-refractivity contribution in [1.29, 1.82) is 0 Å². The molecule has 1 atom stereocenters. The molecule has 0 radical (unpaired) electrons. The highest BCUT2D eigenvalue weighted by atomic mass is 16.5. The van der Waals surface area contributed by atoms with Gasteiger partial charge in [0.25, 0.3) is 0 Å². The van der Waals surface area contributed by atoms with Crippen molar-refractivity contribution in [3.05, 3.63) is 0 Å². The quantitative estimate of drug-likeness (QED) is 0.351. The lowest BCUT2D eigenvalue weighted by Gasteiger charge is -2.06. The Morgan fingerprint density at radius 3 is 2.77 bits per heavy atom. The third-order valence-corrected chi connectivity index (χ3v) is 1.29. The maximum Gasteiger partial charge on any atom is 0.308 e. The van der Waals surface area contributed by atoms with Gasteiger partial charge in [0, 0.05) is 13.1 Å². The molecule has 0 heterocycles. The van der Waals surface area contributed by atoms with E-state index in [1.807, 2.05) is 0 Å². The molecule has 0 spiro atoms. The van der Waals surface area contributed by atoms with Crippen molar-refractivity contribution in [3.8, 4) is 0 Å². The van der Waals surface area contributed by atoms with E-state index in [0.29, 0.717) is 13.1 Å². The summed E-state index contributed by atoms with van der Waals surface area (Å²) in [5.74, 6) is -0.402. The summed E-state index contributed by atoms with van der Waals surface area (Å²) in [6, 6.07) is 0. The number of carbonyl (C=O) groups excluding carboxylic acids is 1. The Labute approximate surface area is 77.7 Å². The van der Waals surface area contributed by atoms with Crippen LogP contribution in [-0.2, 0) is 9.53 Å². The van der Waals surface area contributed by atoms with Crippen molar-refractivity contribution >= 4 is 5.97 Å². The van der Waals surface area contributed by atoms with Crippen LogP contribution in [-0.4, -0.2) is 48.6 Å². The highest BCUT2D eigenvalue weighted by Crippen LogP contribution is 1.91.